The van der Waals surface area contributed by atoms with Crippen LogP contribution in [0, 0.1) is 0 Å². The van der Waals surface area contributed by atoms with Crippen molar-refractivity contribution < 1.29 is 9.53 Å². The van der Waals surface area contributed by atoms with Crippen LogP contribution in [0.1, 0.15) is 62.1 Å². The lowest BCUT2D eigenvalue weighted by molar-refractivity contribution is -0.155. The van der Waals surface area contributed by atoms with Gasteiger partial charge < -0.3 is 4.74 Å². The third-order valence-electron chi connectivity index (χ3n) is 6.39. The van der Waals surface area contributed by atoms with Gasteiger partial charge in [-0.05, 0) is 46.9 Å². The molecule has 0 radical (unpaired) electrons. The average molecular weight is 447 g/mol. The van der Waals surface area contributed by atoms with E-state index >= 15 is 0 Å². The number of hydrogen-bond donors (Lipinski definition) is 0. The minimum Gasteiger partial charge on any atom is -0.460 e. The summed E-state index contributed by atoms with van der Waals surface area (Å²) in [5, 5.41) is 1.11. The number of carbonyl (C=O) groups is 1. The summed E-state index contributed by atoms with van der Waals surface area (Å²) in [5.74, 6) is 1.02. The topological polar surface area (TPSA) is 42.4 Å². The molecule has 1 saturated heterocycles. The van der Waals surface area contributed by atoms with Gasteiger partial charge >= 0.3 is 5.97 Å². The first-order valence-corrected chi connectivity index (χ1v) is 12.4. The van der Waals surface area contributed by atoms with Gasteiger partial charge in [-0.3, -0.25) is 9.69 Å². The zero-order valence-corrected chi connectivity index (χ0v) is 19.8. The third kappa shape index (κ3) is 4.64. The average Bonchev–Trinajstić information content (AvgIpc) is 3.48. The number of rotatable bonds is 7. The molecular formula is C27H30N2O2S. The highest BCUT2D eigenvalue weighted by molar-refractivity contribution is 7.18. The van der Waals surface area contributed by atoms with Crippen LogP contribution in [0.25, 0.3) is 21.0 Å². The smallest absolute Gasteiger partial charge is 0.302 e. The van der Waals surface area contributed by atoms with E-state index in [9.17, 15) is 4.79 Å². The van der Waals surface area contributed by atoms with Crippen molar-refractivity contribution in [2.75, 3.05) is 13.1 Å². The Morgan fingerprint density at radius 2 is 1.91 bits per heavy atom. The Morgan fingerprint density at radius 3 is 2.56 bits per heavy atom. The fourth-order valence-electron chi connectivity index (χ4n) is 4.42. The summed E-state index contributed by atoms with van der Waals surface area (Å²) < 4.78 is 5.27. The molecule has 2 heterocycles. The molecule has 0 unspecified atom stereocenters. The Kier molecular flexibility index (Phi) is 5.87. The Balaban J connectivity index is 1.32. The predicted molar refractivity (Wildman–Crippen MR) is 130 cm³/mol. The van der Waals surface area contributed by atoms with Crippen LogP contribution in [0.5, 0.6) is 0 Å². The number of carbonyl (C=O) groups excluding carboxylic acids is 1. The van der Waals surface area contributed by atoms with E-state index in [1.165, 1.54) is 52.5 Å². The first-order chi connectivity index (χ1) is 15.5. The van der Waals surface area contributed by atoms with Crippen LogP contribution in [-0.4, -0.2) is 35.0 Å². The lowest BCUT2D eigenvalue weighted by atomic mass is 9.99. The Morgan fingerprint density at radius 1 is 1.16 bits per heavy atom. The molecule has 0 amide bonds. The monoisotopic (exact) mass is 446 g/mol. The van der Waals surface area contributed by atoms with Gasteiger partial charge in [-0.25, -0.2) is 4.98 Å². The first kappa shape index (κ1) is 21.4. The van der Waals surface area contributed by atoms with E-state index in [1.807, 2.05) is 6.20 Å². The van der Waals surface area contributed by atoms with Gasteiger partial charge in [0.05, 0.1) is 4.88 Å². The zero-order chi connectivity index (χ0) is 22.2. The zero-order valence-electron chi connectivity index (χ0n) is 19.0. The number of ether oxygens (including phenoxy) is 1. The number of likely N-dealkylation sites (tertiary alicyclic amines) is 1. The van der Waals surface area contributed by atoms with E-state index in [2.05, 4.69) is 61.2 Å². The molecule has 0 N–H and O–H groups in total. The van der Waals surface area contributed by atoms with Gasteiger partial charge in [-0.1, -0.05) is 56.3 Å². The molecule has 1 aliphatic carbocycles. The van der Waals surface area contributed by atoms with Crippen LogP contribution >= 0.6 is 11.3 Å². The minimum atomic E-state index is -0.186. The van der Waals surface area contributed by atoms with Crippen LogP contribution in [0.4, 0.5) is 0 Å². The molecule has 1 aromatic heterocycles. The second-order valence-electron chi connectivity index (χ2n) is 9.43. The molecule has 2 fully saturated rings. The summed E-state index contributed by atoms with van der Waals surface area (Å²) in [5.41, 5.74) is 6.66. The number of hydrogen-bond acceptors (Lipinski definition) is 5. The number of nitrogens with zero attached hydrogens (tertiary/aromatic N) is 2. The van der Waals surface area contributed by atoms with Gasteiger partial charge in [0, 0.05) is 38.3 Å². The lowest BCUT2D eigenvalue weighted by Crippen LogP contribution is -2.51. The first-order valence-electron chi connectivity index (χ1n) is 11.5. The summed E-state index contributed by atoms with van der Waals surface area (Å²) in [6.07, 6.45) is 4.61. The van der Waals surface area contributed by atoms with Crippen molar-refractivity contribution in [2.24, 2.45) is 0 Å². The van der Waals surface area contributed by atoms with Crippen molar-refractivity contribution in [1.29, 1.82) is 0 Å². The fourth-order valence-corrected chi connectivity index (χ4v) is 5.39. The van der Waals surface area contributed by atoms with Crippen molar-refractivity contribution in [1.82, 2.24) is 9.88 Å². The maximum atomic E-state index is 11.1. The second kappa shape index (κ2) is 8.80. The normalized spacial score (nSPS) is 16.9. The molecule has 5 rings (SSSR count). The summed E-state index contributed by atoms with van der Waals surface area (Å²) >= 11 is 1.78. The highest BCUT2D eigenvalue weighted by Crippen LogP contribution is 2.46. The molecule has 3 aromatic rings. The largest absolute Gasteiger partial charge is 0.460 e. The van der Waals surface area contributed by atoms with Gasteiger partial charge in [0.25, 0.3) is 0 Å². The number of aromatic nitrogens is 1. The van der Waals surface area contributed by atoms with Gasteiger partial charge in [-0.15, -0.1) is 11.3 Å². The molecule has 0 bridgehead atoms. The molecule has 166 valence electrons. The summed E-state index contributed by atoms with van der Waals surface area (Å²) in [6.45, 7) is 8.49. The Bertz CT molecular complexity index is 1110. The highest BCUT2D eigenvalue weighted by atomic mass is 32.1. The quantitative estimate of drug-likeness (QED) is 0.404. The molecule has 4 nitrogen and oxygen atoms in total. The SMILES string of the molecule is CC(=O)OC1CN(Cc2ccc(-c3ncc(-c4ccc(C(C)C)cc4)s3)c(C3CC3)c2)C1. The van der Waals surface area contributed by atoms with Gasteiger partial charge in [-0.2, -0.15) is 0 Å². The maximum Gasteiger partial charge on any atom is 0.302 e. The van der Waals surface area contributed by atoms with Gasteiger partial charge in [0.1, 0.15) is 11.1 Å². The van der Waals surface area contributed by atoms with Crippen LogP contribution in [-0.2, 0) is 16.1 Å². The minimum absolute atomic E-state index is 0.0537. The summed E-state index contributed by atoms with van der Waals surface area (Å²) in [6, 6.07) is 15.8. The Labute approximate surface area is 194 Å². The van der Waals surface area contributed by atoms with Crippen molar-refractivity contribution in [3.63, 3.8) is 0 Å². The predicted octanol–water partition coefficient (Wildman–Crippen LogP) is 6.23. The van der Waals surface area contributed by atoms with E-state index in [-0.39, 0.29) is 12.1 Å². The van der Waals surface area contributed by atoms with Crippen LogP contribution in [0.2, 0.25) is 0 Å². The second-order valence-corrected chi connectivity index (χ2v) is 10.5. The molecule has 0 atom stereocenters. The fraction of sp³-hybridized carbons (Fsp3) is 0.407. The van der Waals surface area contributed by atoms with Crippen molar-refractivity contribution in [3.8, 4) is 21.0 Å². The molecule has 1 aliphatic heterocycles. The summed E-state index contributed by atoms with van der Waals surface area (Å²) in [4.78, 5) is 19.5. The van der Waals surface area contributed by atoms with Crippen molar-refractivity contribution in [2.45, 2.75) is 58.1 Å². The van der Waals surface area contributed by atoms with Gasteiger partial charge in [0.15, 0.2) is 0 Å². The molecule has 0 spiro atoms. The third-order valence-corrected chi connectivity index (χ3v) is 7.47. The van der Waals surface area contributed by atoms with Gasteiger partial charge in [0.2, 0.25) is 0 Å². The highest BCUT2D eigenvalue weighted by Gasteiger charge is 2.31. The van der Waals surface area contributed by atoms with E-state index in [4.69, 9.17) is 9.72 Å². The molecule has 1 saturated carbocycles. The van der Waals surface area contributed by atoms with Crippen molar-refractivity contribution >= 4 is 17.3 Å². The number of benzene rings is 2. The lowest BCUT2D eigenvalue weighted by Gasteiger charge is -2.38. The van der Waals surface area contributed by atoms with E-state index in [0.717, 1.165) is 24.6 Å². The molecule has 2 aromatic carbocycles. The molecule has 5 heteroatoms. The van der Waals surface area contributed by atoms with Crippen LogP contribution in [0.3, 0.4) is 0 Å². The Hall–Kier alpha value is -2.50. The van der Waals surface area contributed by atoms with E-state index in [1.54, 1.807) is 11.3 Å². The number of thiazole rings is 1. The van der Waals surface area contributed by atoms with Crippen LogP contribution < -0.4 is 0 Å². The van der Waals surface area contributed by atoms with Crippen LogP contribution in [0.15, 0.2) is 48.7 Å². The maximum absolute atomic E-state index is 11.1. The van der Waals surface area contributed by atoms with Crippen molar-refractivity contribution in [3.05, 3.63) is 65.4 Å². The summed E-state index contributed by atoms with van der Waals surface area (Å²) in [7, 11) is 0. The number of esters is 1. The molecular weight excluding hydrogens is 416 g/mol. The molecule has 2 aliphatic rings. The van der Waals surface area contributed by atoms with E-state index in [0.29, 0.717) is 11.8 Å². The standard InChI is InChI=1S/C27H30N2O2S/c1-17(2)20-5-9-22(10-6-20)26-13-28-27(32-26)24-11-4-19(12-25(24)21-7-8-21)14-29-15-23(16-29)31-18(3)30/h4-6,9-13,17,21,23H,7-8,14-16H2,1-3H3. The van der Waals surface area contributed by atoms with E-state index < -0.39 is 0 Å². The molecule has 32 heavy (non-hydrogen) atoms.